The van der Waals surface area contributed by atoms with Crippen LogP contribution >= 0.6 is 0 Å². The van der Waals surface area contributed by atoms with Crippen molar-refractivity contribution in [1.82, 2.24) is 10.0 Å². The summed E-state index contributed by atoms with van der Waals surface area (Å²) in [6.07, 6.45) is 0.667. The largest absolute Gasteiger partial charge is 0.496 e. The maximum Gasteiger partial charge on any atom is 0.251 e. The molecule has 0 aliphatic heterocycles. The molecule has 2 aromatic rings. The van der Waals surface area contributed by atoms with Crippen molar-refractivity contribution < 1.29 is 17.9 Å². The molecule has 25 heavy (non-hydrogen) atoms. The summed E-state index contributed by atoms with van der Waals surface area (Å²) in [7, 11) is -0.688. The second-order valence-corrected chi connectivity index (χ2v) is 7.30. The van der Waals surface area contributed by atoms with Gasteiger partial charge in [0.25, 0.3) is 5.91 Å². The molecule has 2 rings (SSSR count). The maximum atomic E-state index is 12.6. The van der Waals surface area contributed by atoms with Crippen LogP contribution in [0.2, 0.25) is 0 Å². The van der Waals surface area contributed by atoms with E-state index in [-0.39, 0.29) is 22.4 Å². The summed E-state index contributed by atoms with van der Waals surface area (Å²) in [5.74, 6) is 0.354. The lowest BCUT2D eigenvalue weighted by Gasteiger charge is -2.20. The van der Waals surface area contributed by atoms with Crippen molar-refractivity contribution in [1.29, 1.82) is 0 Å². The summed E-state index contributed by atoms with van der Waals surface area (Å²) in [4.78, 5) is 12.6. The van der Waals surface area contributed by atoms with Gasteiger partial charge >= 0.3 is 0 Å². The van der Waals surface area contributed by atoms with Gasteiger partial charge in [-0.1, -0.05) is 31.2 Å². The Kier molecular flexibility index (Phi) is 6.17. The summed E-state index contributed by atoms with van der Waals surface area (Å²) >= 11 is 0. The first kappa shape index (κ1) is 19.0. The molecular formula is C18H22N2O4S. The van der Waals surface area contributed by atoms with Gasteiger partial charge in [0.1, 0.15) is 5.75 Å². The standard InChI is InChI=1S/C18H22N2O4S/c1-4-16(15-10-5-6-11-17(15)24-3)20-18(21)13-8-7-9-14(12-13)25(22,23)19-2/h5-12,16,19H,4H2,1-3H3,(H,20,21). The molecule has 0 bridgehead atoms. The second-order valence-electron chi connectivity index (χ2n) is 5.41. The van der Waals surface area contributed by atoms with E-state index in [9.17, 15) is 13.2 Å². The molecule has 0 spiro atoms. The first-order valence-corrected chi connectivity index (χ1v) is 9.38. The number of sulfonamides is 1. The lowest BCUT2D eigenvalue weighted by atomic mass is 10.0. The molecule has 0 heterocycles. The van der Waals surface area contributed by atoms with Crippen molar-refractivity contribution in [3.63, 3.8) is 0 Å². The molecule has 1 unspecified atom stereocenters. The summed E-state index contributed by atoms with van der Waals surface area (Å²) in [5, 5.41) is 2.94. The number of ether oxygens (including phenoxy) is 1. The molecule has 0 aliphatic rings. The third-order valence-corrected chi connectivity index (χ3v) is 5.32. The summed E-state index contributed by atoms with van der Waals surface area (Å²) < 4.78 is 31.4. The van der Waals surface area contributed by atoms with Crippen molar-refractivity contribution in [2.45, 2.75) is 24.3 Å². The van der Waals surface area contributed by atoms with E-state index < -0.39 is 10.0 Å². The van der Waals surface area contributed by atoms with Gasteiger partial charge in [0, 0.05) is 11.1 Å². The molecule has 1 amide bonds. The van der Waals surface area contributed by atoms with Crippen molar-refractivity contribution in [3.8, 4) is 5.75 Å². The van der Waals surface area contributed by atoms with Crippen molar-refractivity contribution in [2.75, 3.05) is 14.2 Å². The molecule has 7 heteroatoms. The van der Waals surface area contributed by atoms with Gasteiger partial charge < -0.3 is 10.1 Å². The molecule has 6 nitrogen and oxygen atoms in total. The fourth-order valence-electron chi connectivity index (χ4n) is 2.52. The topological polar surface area (TPSA) is 84.5 Å². The molecule has 0 saturated carbocycles. The maximum absolute atomic E-state index is 12.6. The summed E-state index contributed by atoms with van der Waals surface area (Å²) in [6.45, 7) is 1.96. The Morgan fingerprint density at radius 1 is 1.16 bits per heavy atom. The van der Waals surface area contributed by atoms with Gasteiger partial charge in [0.05, 0.1) is 18.0 Å². The van der Waals surface area contributed by atoms with Gasteiger partial charge in [-0.2, -0.15) is 0 Å². The van der Waals surface area contributed by atoms with Crippen LogP contribution in [-0.4, -0.2) is 28.5 Å². The zero-order valence-corrected chi connectivity index (χ0v) is 15.3. The van der Waals surface area contributed by atoms with E-state index in [4.69, 9.17) is 4.74 Å². The zero-order chi connectivity index (χ0) is 18.4. The highest BCUT2D eigenvalue weighted by Crippen LogP contribution is 2.27. The fourth-order valence-corrected chi connectivity index (χ4v) is 3.29. The number of nitrogens with one attached hydrogen (secondary N) is 2. The van der Waals surface area contributed by atoms with Gasteiger partial charge in [0.2, 0.25) is 10.0 Å². The molecule has 0 aromatic heterocycles. The monoisotopic (exact) mass is 362 g/mol. The highest BCUT2D eigenvalue weighted by Gasteiger charge is 2.19. The molecule has 0 saturated heterocycles. The van der Waals surface area contributed by atoms with Crippen LogP contribution in [0.15, 0.2) is 53.4 Å². The summed E-state index contributed by atoms with van der Waals surface area (Å²) in [6, 6.07) is 13.2. The zero-order valence-electron chi connectivity index (χ0n) is 14.4. The van der Waals surface area contributed by atoms with Crippen LogP contribution in [0.1, 0.15) is 35.3 Å². The van der Waals surface area contributed by atoms with Gasteiger partial charge in [0.15, 0.2) is 0 Å². The van der Waals surface area contributed by atoms with Crippen LogP contribution in [0.4, 0.5) is 0 Å². The number of methoxy groups -OCH3 is 1. The van der Waals surface area contributed by atoms with E-state index in [0.717, 1.165) is 5.56 Å². The minimum atomic E-state index is -3.60. The van der Waals surface area contributed by atoms with Crippen molar-refractivity contribution >= 4 is 15.9 Å². The molecule has 0 aliphatic carbocycles. The first-order chi connectivity index (χ1) is 11.9. The van der Waals surface area contributed by atoms with Gasteiger partial charge in [-0.25, -0.2) is 13.1 Å². The van der Waals surface area contributed by atoms with E-state index in [1.54, 1.807) is 19.2 Å². The number of carbonyl (C=O) groups is 1. The SMILES string of the molecule is CCC(NC(=O)c1cccc(S(=O)(=O)NC)c1)c1ccccc1OC. The minimum Gasteiger partial charge on any atom is -0.496 e. The molecule has 2 aromatic carbocycles. The Labute approximate surface area is 148 Å². The molecular weight excluding hydrogens is 340 g/mol. The highest BCUT2D eigenvalue weighted by atomic mass is 32.2. The van der Waals surface area contributed by atoms with Gasteiger partial charge in [-0.05, 0) is 37.7 Å². The van der Waals surface area contributed by atoms with Crippen LogP contribution in [0.5, 0.6) is 5.75 Å². The van der Waals surface area contributed by atoms with E-state index in [1.165, 1.54) is 19.2 Å². The number of hydrogen-bond donors (Lipinski definition) is 2. The van der Waals surface area contributed by atoms with Gasteiger partial charge in [-0.3, -0.25) is 4.79 Å². The van der Waals surface area contributed by atoms with Crippen LogP contribution in [0.3, 0.4) is 0 Å². The Balaban J connectivity index is 2.27. The lowest BCUT2D eigenvalue weighted by molar-refractivity contribution is 0.0935. The van der Waals surface area contributed by atoms with E-state index in [0.29, 0.717) is 12.2 Å². The van der Waals surface area contributed by atoms with E-state index >= 15 is 0 Å². The van der Waals surface area contributed by atoms with E-state index in [1.807, 2.05) is 31.2 Å². The Morgan fingerprint density at radius 3 is 2.52 bits per heavy atom. The van der Waals surface area contributed by atoms with Gasteiger partial charge in [-0.15, -0.1) is 0 Å². The minimum absolute atomic E-state index is 0.0491. The number of para-hydroxylation sites is 1. The predicted molar refractivity (Wildman–Crippen MR) is 96.2 cm³/mol. The Morgan fingerprint density at radius 2 is 1.88 bits per heavy atom. The number of rotatable bonds is 7. The normalized spacial score (nSPS) is 12.4. The third kappa shape index (κ3) is 4.37. The number of benzene rings is 2. The number of carbonyl (C=O) groups excluding carboxylic acids is 1. The molecule has 2 N–H and O–H groups in total. The number of amides is 1. The third-order valence-electron chi connectivity index (χ3n) is 3.90. The Bertz CT molecular complexity index is 850. The quantitative estimate of drug-likeness (QED) is 0.792. The molecule has 1 atom stereocenters. The van der Waals surface area contributed by atoms with Crippen LogP contribution in [-0.2, 0) is 10.0 Å². The predicted octanol–water partition coefficient (Wildman–Crippen LogP) is 2.48. The first-order valence-electron chi connectivity index (χ1n) is 7.90. The molecule has 0 radical (unpaired) electrons. The number of hydrogen-bond acceptors (Lipinski definition) is 4. The van der Waals surface area contributed by atoms with Crippen LogP contribution < -0.4 is 14.8 Å². The average Bonchev–Trinajstić information content (AvgIpc) is 2.66. The van der Waals surface area contributed by atoms with Crippen molar-refractivity contribution in [3.05, 3.63) is 59.7 Å². The smallest absolute Gasteiger partial charge is 0.251 e. The second kappa shape index (κ2) is 8.13. The van der Waals surface area contributed by atoms with E-state index in [2.05, 4.69) is 10.0 Å². The lowest BCUT2D eigenvalue weighted by Crippen LogP contribution is -2.28. The average molecular weight is 362 g/mol. The van der Waals surface area contributed by atoms with Crippen molar-refractivity contribution in [2.24, 2.45) is 0 Å². The van der Waals surface area contributed by atoms with Crippen LogP contribution in [0, 0.1) is 0 Å². The molecule has 134 valence electrons. The Hall–Kier alpha value is -2.38. The highest BCUT2D eigenvalue weighted by molar-refractivity contribution is 7.89. The van der Waals surface area contributed by atoms with Crippen LogP contribution in [0.25, 0.3) is 0 Å². The fraction of sp³-hybridized carbons (Fsp3) is 0.278. The summed E-state index contributed by atoms with van der Waals surface area (Å²) in [5.41, 5.74) is 1.16. The molecule has 0 fully saturated rings.